The van der Waals surface area contributed by atoms with Gasteiger partial charge in [-0.2, -0.15) is 5.10 Å². The molecule has 0 atom stereocenters. The second kappa shape index (κ2) is 4.60. The fourth-order valence-electron chi connectivity index (χ4n) is 1.59. The van der Waals surface area contributed by atoms with Crippen molar-refractivity contribution < 1.29 is 9.18 Å². The summed E-state index contributed by atoms with van der Waals surface area (Å²) in [5, 5.41) is 6.56. The van der Waals surface area contributed by atoms with Crippen LogP contribution in [0.25, 0.3) is 0 Å². The van der Waals surface area contributed by atoms with Gasteiger partial charge in [-0.05, 0) is 37.6 Å². The molecule has 1 heterocycles. The number of anilines is 1. The zero-order chi connectivity index (χ0) is 13.3. The SMILES string of the molecule is Cc1ccc(F)c(NC(=O)c2cc(C)n(C)n2)c1. The Bertz CT molecular complexity index is 585. The minimum Gasteiger partial charge on any atom is -0.318 e. The first-order valence-electron chi connectivity index (χ1n) is 5.55. The molecule has 2 rings (SSSR count). The summed E-state index contributed by atoms with van der Waals surface area (Å²) in [4.78, 5) is 11.9. The molecule has 1 amide bonds. The highest BCUT2D eigenvalue weighted by atomic mass is 19.1. The van der Waals surface area contributed by atoms with Gasteiger partial charge in [-0.3, -0.25) is 9.48 Å². The van der Waals surface area contributed by atoms with E-state index in [1.54, 1.807) is 29.9 Å². The lowest BCUT2D eigenvalue weighted by Crippen LogP contribution is -2.14. The minimum absolute atomic E-state index is 0.170. The second-order valence-electron chi connectivity index (χ2n) is 4.23. The van der Waals surface area contributed by atoms with E-state index in [-0.39, 0.29) is 11.4 Å². The molecule has 0 aliphatic rings. The number of hydrogen-bond acceptors (Lipinski definition) is 2. The van der Waals surface area contributed by atoms with Crippen molar-refractivity contribution in [3.8, 4) is 0 Å². The quantitative estimate of drug-likeness (QED) is 0.886. The van der Waals surface area contributed by atoms with E-state index in [1.165, 1.54) is 6.07 Å². The normalized spacial score (nSPS) is 10.4. The highest BCUT2D eigenvalue weighted by molar-refractivity contribution is 6.03. The summed E-state index contributed by atoms with van der Waals surface area (Å²) in [5.41, 5.74) is 2.19. The van der Waals surface area contributed by atoms with Crippen LogP contribution in [-0.4, -0.2) is 15.7 Å². The Morgan fingerprint density at radius 3 is 2.67 bits per heavy atom. The molecule has 0 bridgehead atoms. The number of aryl methyl sites for hydroxylation is 3. The van der Waals surface area contributed by atoms with Gasteiger partial charge in [-0.15, -0.1) is 0 Å². The topological polar surface area (TPSA) is 46.9 Å². The first-order valence-corrected chi connectivity index (χ1v) is 5.55. The molecule has 0 radical (unpaired) electrons. The van der Waals surface area contributed by atoms with Gasteiger partial charge in [0.25, 0.3) is 5.91 Å². The summed E-state index contributed by atoms with van der Waals surface area (Å²) in [6, 6.07) is 6.22. The lowest BCUT2D eigenvalue weighted by Gasteiger charge is -2.05. The maximum absolute atomic E-state index is 13.5. The van der Waals surface area contributed by atoms with Crippen molar-refractivity contribution in [2.24, 2.45) is 7.05 Å². The number of carbonyl (C=O) groups excluding carboxylic acids is 1. The van der Waals surface area contributed by atoms with Gasteiger partial charge in [0.2, 0.25) is 0 Å². The van der Waals surface area contributed by atoms with Crippen LogP contribution in [0, 0.1) is 19.7 Å². The molecule has 1 aromatic carbocycles. The smallest absolute Gasteiger partial charge is 0.276 e. The third kappa shape index (κ3) is 2.40. The largest absolute Gasteiger partial charge is 0.318 e. The maximum atomic E-state index is 13.5. The highest BCUT2D eigenvalue weighted by Crippen LogP contribution is 2.16. The summed E-state index contributed by atoms with van der Waals surface area (Å²) in [5.74, 6) is -0.871. The number of nitrogens with zero attached hydrogens (tertiary/aromatic N) is 2. The number of aromatic nitrogens is 2. The number of hydrogen-bond donors (Lipinski definition) is 1. The molecule has 0 unspecified atom stereocenters. The molecule has 1 aromatic heterocycles. The molecule has 2 aromatic rings. The molecule has 0 saturated heterocycles. The number of benzene rings is 1. The van der Waals surface area contributed by atoms with Gasteiger partial charge in [0, 0.05) is 12.7 Å². The van der Waals surface area contributed by atoms with Gasteiger partial charge in [-0.25, -0.2) is 4.39 Å². The Labute approximate surface area is 104 Å². The molecule has 0 spiro atoms. The maximum Gasteiger partial charge on any atom is 0.276 e. The molecule has 0 fully saturated rings. The van der Waals surface area contributed by atoms with Gasteiger partial charge in [0.15, 0.2) is 5.69 Å². The van der Waals surface area contributed by atoms with E-state index in [2.05, 4.69) is 10.4 Å². The Hall–Kier alpha value is -2.17. The van der Waals surface area contributed by atoms with Gasteiger partial charge >= 0.3 is 0 Å². The van der Waals surface area contributed by atoms with Crippen molar-refractivity contribution in [2.75, 3.05) is 5.32 Å². The molecular formula is C13H14FN3O. The van der Waals surface area contributed by atoms with Crippen LogP contribution in [0.2, 0.25) is 0 Å². The van der Waals surface area contributed by atoms with E-state index in [9.17, 15) is 9.18 Å². The molecule has 18 heavy (non-hydrogen) atoms. The Kier molecular flexibility index (Phi) is 3.14. The van der Waals surface area contributed by atoms with Gasteiger partial charge in [-0.1, -0.05) is 6.07 Å². The standard InChI is InChI=1S/C13H14FN3O/c1-8-4-5-10(14)11(6-8)15-13(18)12-7-9(2)17(3)16-12/h4-7H,1-3H3,(H,15,18). The average Bonchev–Trinajstić information content (AvgIpc) is 2.64. The average molecular weight is 247 g/mol. The molecule has 0 aliphatic carbocycles. The van der Waals surface area contributed by atoms with E-state index in [0.717, 1.165) is 11.3 Å². The number of carbonyl (C=O) groups is 1. The number of halogens is 1. The van der Waals surface area contributed by atoms with E-state index in [0.29, 0.717) is 0 Å². The monoisotopic (exact) mass is 247 g/mol. The summed E-state index contributed by atoms with van der Waals surface area (Å²) in [6.07, 6.45) is 0. The van der Waals surface area contributed by atoms with Crippen LogP contribution in [0.5, 0.6) is 0 Å². The third-order valence-electron chi connectivity index (χ3n) is 2.72. The first-order chi connectivity index (χ1) is 8.47. The number of amides is 1. The van der Waals surface area contributed by atoms with Crippen molar-refractivity contribution in [1.29, 1.82) is 0 Å². The molecular weight excluding hydrogens is 233 g/mol. The van der Waals surface area contributed by atoms with Crippen molar-refractivity contribution in [2.45, 2.75) is 13.8 Å². The van der Waals surface area contributed by atoms with Crippen LogP contribution in [0.1, 0.15) is 21.7 Å². The predicted octanol–water partition coefficient (Wildman–Crippen LogP) is 2.43. The Morgan fingerprint density at radius 2 is 2.06 bits per heavy atom. The lowest BCUT2D eigenvalue weighted by molar-refractivity contribution is 0.102. The van der Waals surface area contributed by atoms with Crippen LogP contribution < -0.4 is 5.32 Å². The molecule has 1 N–H and O–H groups in total. The third-order valence-corrected chi connectivity index (χ3v) is 2.72. The lowest BCUT2D eigenvalue weighted by atomic mass is 10.2. The number of rotatable bonds is 2. The van der Waals surface area contributed by atoms with Gasteiger partial charge < -0.3 is 5.32 Å². The fraction of sp³-hybridized carbons (Fsp3) is 0.231. The summed E-state index contributed by atoms with van der Waals surface area (Å²) >= 11 is 0. The van der Waals surface area contributed by atoms with Crippen LogP contribution in [0.15, 0.2) is 24.3 Å². The summed E-state index contributed by atoms with van der Waals surface area (Å²) < 4.78 is 15.1. The van der Waals surface area contributed by atoms with Crippen LogP contribution in [-0.2, 0) is 7.05 Å². The van der Waals surface area contributed by atoms with Crippen LogP contribution >= 0.6 is 0 Å². The van der Waals surface area contributed by atoms with Gasteiger partial charge in [0.1, 0.15) is 5.82 Å². The first kappa shape index (κ1) is 12.3. The highest BCUT2D eigenvalue weighted by Gasteiger charge is 2.13. The van der Waals surface area contributed by atoms with Crippen LogP contribution in [0.3, 0.4) is 0 Å². The number of nitrogens with one attached hydrogen (secondary N) is 1. The summed E-state index contributed by atoms with van der Waals surface area (Å²) in [7, 11) is 1.75. The van der Waals surface area contributed by atoms with Crippen molar-refractivity contribution in [1.82, 2.24) is 9.78 Å². The van der Waals surface area contributed by atoms with E-state index in [4.69, 9.17) is 0 Å². The van der Waals surface area contributed by atoms with Crippen molar-refractivity contribution >= 4 is 11.6 Å². The second-order valence-corrected chi connectivity index (χ2v) is 4.23. The molecule has 4 nitrogen and oxygen atoms in total. The van der Waals surface area contributed by atoms with Crippen molar-refractivity contribution in [3.05, 3.63) is 47.0 Å². The Balaban J connectivity index is 2.23. The minimum atomic E-state index is -0.457. The van der Waals surface area contributed by atoms with E-state index in [1.807, 2.05) is 13.8 Å². The zero-order valence-electron chi connectivity index (χ0n) is 10.5. The zero-order valence-corrected chi connectivity index (χ0v) is 10.5. The molecule has 5 heteroatoms. The fourth-order valence-corrected chi connectivity index (χ4v) is 1.59. The van der Waals surface area contributed by atoms with Crippen LogP contribution in [0.4, 0.5) is 10.1 Å². The van der Waals surface area contributed by atoms with E-state index >= 15 is 0 Å². The van der Waals surface area contributed by atoms with Gasteiger partial charge in [0.05, 0.1) is 5.69 Å². The molecule has 94 valence electrons. The van der Waals surface area contributed by atoms with Crippen molar-refractivity contribution in [3.63, 3.8) is 0 Å². The Morgan fingerprint density at radius 1 is 1.33 bits per heavy atom. The summed E-state index contributed by atoms with van der Waals surface area (Å²) in [6.45, 7) is 3.68. The van der Waals surface area contributed by atoms with E-state index < -0.39 is 11.7 Å². The molecule has 0 saturated carbocycles. The predicted molar refractivity (Wildman–Crippen MR) is 67.0 cm³/mol. The molecule has 0 aliphatic heterocycles.